The molecular formula is C17H21FN4O3. The number of anilines is 1. The molecule has 0 unspecified atom stereocenters. The molecular weight excluding hydrogens is 327 g/mol. The van der Waals surface area contributed by atoms with Gasteiger partial charge in [0.2, 0.25) is 11.8 Å². The Kier molecular flexibility index (Phi) is 4.61. The number of hydrogen-bond donors (Lipinski definition) is 1. The predicted molar refractivity (Wildman–Crippen MR) is 89.5 cm³/mol. The molecule has 2 saturated heterocycles. The maximum absolute atomic E-state index is 13.4. The highest BCUT2D eigenvalue weighted by atomic mass is 19.1. The zero-order valence-corrected chi connectivity index (χ0v) is 14.1. The van der Waals surface area contributed by atoms with Crippen LogP contribution in [0.25, 0.3) is 0 Å². The van der Waals surface area contributed by atoms with Gasteiger partial charge in [0.15, 0.2) is 0 Å². The first-order valence-electron chi connectivity index (χ1n) is 8.25. The number of benzene rings is 1. The zero-order chi connectivity index (χ0) is 18.1. The Hall–Kier alpha value is -2.64. The molecule has 134 valence electrons. The minimum absolute atomic E-state index is 0.0100. The van der Waals surface area contributed by atoms with Crippen molar-refractivity contribution in [1.82, 2.24) is 9.80 Å². The highest BCUT2D eigenvalue weighted by molar-refractivity contribution is 5.98. The number of primary amides is 1. The normalized spacial score (nSPS) is 18.1. The number of carbonyl (C=O) groups is 3. The van der Waals surface area contributed by atoms with Crippen molar-refractivity contribution in [2.24, 2.45) is 11.7 Å². The van der Waals surface area contributed by atoms with Gasteiger partial charge in [-0.15, -0.1) is 0 Å². The number of hydrogen-bond acceptors (Lipinski definition) is 4. The third-order valence-corrected chi connectivity index (χ3v) is 4.83. The Labute approximate surface area is 145 Å². The molecule has 0 saturated carbocycles. The van der Waals surface area contributed by atoms with Crippen molar-refractivity contribution in [3.8, 4) is 0 Å². The fourth-order valence-electron chi connectivity index (χ4n) is 3.30. The summed E-state index contributed by atoms with van der Waals surface area (Å²) in [6.45, 7) is 4.59. The van der Waals surface area contributed by atoms with E-state index in [2.05, 4.69) is 0 Å². The van der Waals surface area contributed by atoms with Crippen LogP contribution in [0.3, 0.4) is 0 Å². The Morgan fingerprint density at radius 3 is 2.28 bits per heavy atom. The number of amides is 3. The van der Waals surface area contributed by atoms with Crippen LogP contribution in [-0.4, -0.2) is 66.8 Å². The lowest BCUT2D eigenvalue weighted by molar-refractivity contribution is -0.147. The molecule has 25 heavy (non-hydrogen) atoms. The molecule has 2 N–H and O–H groups in total. The van der Waals surface area contributed by atoms with Crippen LogP contribution in [0.4, 0.5) is 10.1 Å². The first-order chi connectivity index (χ1) is 11.9. The summed E-state index contributed by atoms with van der Waals surface area (Å²) in [5, 5.41) is 0. The van der Waals surface area contributed by atoms with Gasteiger partial charge >= 0.3 is 0 Å². The first kappa shape index (κ1) is 17.2. The minimum atomic E-state index is -0.674. The van der Waals surface area contributed by atoms with Gasteiger partial charge in [-0.2, -0.15) is 0 Å². The van der Waals surface area contributed by atoms with E-state index < -0.39 is 11.7 Å². The molecule has 2 heterocycles. The van der Waals surface area contributed by atoms with E-state index in [1.807, 2.05) is 4.90 Å². The lowest BCUT2D eigenvalue weighted by Gasteiger charge is -2.43. The summed E-state index contributed by atoms with van der Waals surface area (Å²) in [4.78, 5) is 40.6. The van der Waals surface area contributed by atoms with Crippen molar-refractivity contribution >= 4 is 23.4 Å². The van der Waals surface area contributed by atoms with Crippen molar-refractivity contribution in [1.29, 1.82) is 0 Å². The molecule has 2 aliphatic heterocycles. The van der Waals surface area contributed by atoms with Gasteiger partial charge in [0, 0.05) is 51.9 Å². The van der Waals surface area contributed by atoms with Crippen molar-refractivity contribution in [3.05, 3.63) is 29.6 Å². The largest absolute Gasteiger partial charge is 0.367 e. The van der Waals surface area contributed by atoms with Crippen LogP contribution in [0.2, 0.25) is 0 Å². The summed E-state index contributed by atoms with van der Waals surface area (Å²) < 4.78 is 13.4. The third-order valence-electron chi connectivity index (χ3n) is 4.83. The van der Waals surface area contributed by atoms with E-state index in [0.29, 0.717) is 45.0 Å². The summed E-state index contributed by atoms with van der Waals surface area (Å²) in [7, 11) is 0. The van der Waals surface area contributed by atoms with Crippen LogP contribution in [0.1, 0.15) is 17.3 Å². The van der Waals surface area contributed by atoms with E-state index in [-0.39, 0.29) is 23.3 Å². The summed E-state index contributed by atoms with van der Waals surface area (Å²) in [5.41, 5.74) is 6.08. The van der Waals surface area contributed by atoms with Gasteiger partial charge in [-0.1, -0.05) is 0 Å². The Bertz CT molecular complexity index is 710. The monoisotopic (exact) mass is 348 g/mol. The third kappa shape index (κ3) is 3.42. The second-order valence-electron chi connectivity index (χ2n) is 6.46. The van der Waals surface area contributed by atoms with Crippen LogP contribution < -0.4 is 10.6 Å². The lowest BCUT2D eigenvalue weighted by atomic mass is 9.98. The average molecular weight is 348 g/mol. The molecule has 2 aliphatic rings. The molecule has 1 aromatic carbocycles. The Morgan fingerprint density at radius 2 is 1.72 bits per heavy atom. The van der Waals surface area contributed by atoms with E-state index in [9.17, 15) is 18.8 Å². The van der Waals surface area contributed by atoms with Crippen LogP contribution >= 0.6 is 0 Å². The van der Waals surface area contributed by atoms with Crippen molar-refractivity contribution < 1.29 is 18.8 Å². The van der Waals surface area contributed by atoms with E-state index in [1.165, 1.54) is 13.0 Å². The highest BCUT2D eigenvalue weighted by Crippen LogP contribution is 2.24. The molecule has 1 aromatic rings. The number of likely N-dealkylation sites (tertiary alicyclic amines) is 1. The van der Waals surface area contributed by atoms with E-state index >= 15 is 0 Å². The van der Waals surface area contributed by atoms with Gasteiger partial charge in [-0.3, -0.25) is 14.4 Å². The van der Waals surface area contributed by atoms with Crippen molar-refractivity contribution in [2.75, 3.05) is 44.2 Å². The SMILES string of the molecule is CC(=O)N1CC(C(=O)N2CCN(c3ccc(F)cc3C(N)=O)CC2)C1. The van der Waals surface area contributed by atoms with Crippen LogP contribution in [-0.2, 0) is 9.59 Å². The Morgan fingerprint density at radius 1 is 1.08 bits per heavy atom. The van der Waals surface area contributed by atoms with Gasteiger partial charge in [0.05, 0.1) is 11.5 Å². The number of carbonyl (C=O) groups excluding carboxylic acids is 3. The van der Waals surface area contributed by atoms with Crippen molar-refractivity contribution in [3.63, 3.8) is 0 Å². The lowest BCUT2D eigenvalue weighted by Crippen LogP contribution is -2.58. The molecule has 7 nitrogen and oxygen atoms in total. The Balaban J connectivity index is 1.60. The smallest absolute Gasteiger partial charge is 0.250 e. The molecule has 0 atom stereocenters. The van der Waals surface area contributed by atoms with Gasteiger partial charge < -0.3 is 20.4 Å². The molecule has 3 rings (SSSR count). The quantitative estimate of drug-likeness (QED) is 0.836. The molecule has 8 heteroatoms. The fourth-order valence-corrected chi connectivity index (χ4v) is 3.30. The van der Waals surface area contributed by atoms with Crippen LogP contribution in [0.15, 0.2) is 18.2 Å². The van der Waals surface area contributed by atoms with Crippen molar-refractivity contribution in [2.45, 2.75) is 6.92 Å². The van der Waals surface area contributed by atoms with Crippen LogP contribution in [0, 0.1) is 11.7 Å². The number of rotatable bonds is 3. The van der Waals surface area contributed by atoms with E-state index in [1.54, 1.807) is 15.9 Å². The van der Waals surface area contributed by atoms with Gasteiger partial charge in [0.25, 0.3) is 5.91 Å². The molecule has 0 bridgehead atoms. The average Bonchev–Trinajstić information content (AvgIpc) is 2.53. The number of nitrogens with zero attached hydrogens (tertiary/aromatic N) is 3. The number of halogens is 1. The maximum atomic E-state index is 13.4. The molecule has 2 fully saturated rings. The number of nitrogens with two attached hydrogens (primary N) is 1. The standard InChI is InChI=1S/C17H21FN4O3/c1-11(23)22-9-12(10-22)17(25)21-6-4-20(5-7-21)15-3-2-13(18)8-14(15)16(19)24/h2-3,8,12H,4-7,9-10H2,1H3,(H2,19,24). The minimum Gasteiger partial charge on any atom is -0.367 e. The second kappa shape index (κ2) is 6.70. The van der Waals surface area contributed by atoms with Crippen LogP contribution in [0.5, 0.6) is 0 Å². The van der Waals surface area contributed by atoms with Gasteiger partial charge in [0.1, 0.15) is 5.82 Å². The summed E-state index contributed by atoms with van der Waals surface area (Å²) in [5.74, 6) is -1.25. The summed E-state index contributed by atoms with van der Waals surface area (Å²) in [6, 6.07) is 3.98. The molecule has 0 aromatic heterocycles. The molecule has 0 aliphatic carbocycles. The molecule has 0 radical (unpaired) electrons. The van der Waals surface area contributed by atoms with Gasteiger partial charge in [-0.05, 0) is 18.2 Å². The summed E-state index contributed by atoms with van der Waals surface area (Å²) in [6.07, 6.45) is 0. The van der Waals surface area contributed by atoms with E-state index in [4.69, 9.17) is 5.73 Å². The van der Waals surface area contributed by atoms with Gasteiger partial charge in [-0.25, -0.2) is 4.39 Å². The fraction of sp³-hybridized carbons (Fsp3) is 0.471. The predicted octanol–water partition coefficient (Wildman–Crippen LogP) is 0.0515. The first-order valence-corrected chi connectivity index (χ1v) is 8.25. The zero-order valence-electron chi connectivity index (χ0n) is 14.1. The topological polar surface area (TPSA) is 87.0 Å². The highest BCUT2D eigenvalue weighted by Gasteiger charge is 2.37. The maximum Gasteiger partial charge on any atom is 0.250 e. The second-order valence-corrected chi connectivity index (χ2v) is 6.46. The molecule has 3 amide bonds. The van der Waals surface area contributed by atoms with E-state index in [0.717, 1.165) is 6.07 Å². The summed E-state index contributed by atoms with van der Waals surface area (Å²) >= 11 is 0. The molecule has 0 spiro atoms. The number of piperazine rings is 1.